The predicted molar refractivity (Wildman–Crippen MR) is 514 cm³/mol. The number of hydrogen-bond acceptors (Lipinski definition) is 22. The van der Waals surface area contributed by atoms with Crippen LogP contribution in [0.5, 0.6) is 0 Å². The van der Waals surface area contributed by atoms with E-state index in [9.17, 15) is 24.0 Å². The van der Waals surface area contributed by atoms with Gasteiger partial charge in [0, 0.05) is 247 Å². The molecular weight excluding hydrogens is 1530 g/mol. The molecule has 9 fully saturated rings. The van der Waals surface area contributed by atoms with Crippen LogP contribution >= 0.6 is 0 Å². The highest BCUT2D eigenvalue weighted by Gasteiger charge is 2.46. The van der Waals surface area contributed by atoms with Crippen LogP contribution in [0.4, 0.5) is 28.4 Å². The molecule has 5 aromatic carbocycles. The van der Waals surface area contributed by atoms with Gasteiger partial charge < -0.3 is 61.7 Å². The van der Waals surface area contributed by atoms with E-state index in [2.05, 4.69) is 221 Å². The van der Waals surface area contributed by atoms with E-state index in [1.165, 1.54) is 92.6 Å². The topological polar surface area (TPSA) is 202 Å². The maximum Gasteiger partial charge on any atom is 0.183 e. The first-order valence-corrected chi connectivity index (χ1v) is 47.8. The SMILES string of the molecule is C=CCC(C)(C(=O)c1ccc(N2CCNCC2)cc1)N1CCNCC1.CC(C)(C(=O)c1ccc(N2CCCNCC2)cc1)N1CCCCCC1.CCC(C)(C(=O)c1ccc(N2CCNCC2)cc1)N1CCNCC1.CCCCN(C)c1ccc(C(=O)C(C)(C)N(C)CCCC)cc1.O=C(c1ccc(N2CCNCC2)cc1)C1(N2CCNCC2)CCCCC1. The molecule has 123 heavy (non-hydrogen) atoms. The van der Waals surface area contributed by atoms with E-state index in [0.29, 0.717) is 12.2 Å². The second-order valence-electron chi connectivity index (χ2n) is 36.9. The monoisotopic (exact) mass is 1690 g/mol. The quantitative estimate of drug-likeness (QED) is 0.0176. The van der Waals surface area contributed by atoms with Gasteiger partial charge in [-0.15, -0.1) is 6.58 Å². The third-order valence-electron chi connectivity index (χ3n) is 28.1. The van der Waals surface area contributed by atoms with E-state index in [-0.39, 0.29) is 28.7 Å². The van der Waals surface area contributed by atoms with E-state index in [0.717, 1.165) is 269 Å². The van der Waals surface area contributed by atoms with Crippen molar-refractivity contribution in [2.24, 2.45) is 0 Å². The average Bonchev–Trinajstić information content (AvgIpc) is 1.12. The average molecular weight is 1690 g/mol. The summed E-state index contributed by atoms with van der Waals surface area (Å²) in [5.41, 5.74) is 8.14. The number of benzene rings is 5. The van der Waals surface area contributed by atoms with Crippen LogP contribution in [0.15, 0.2) is 134 Å². The molecule has 678 valence electrons. The molecular formula is C101H159N17O5. The number of anilines is 5. The van der Waals surface area contributed by atoms with Gasteiger partial charge in [-0.1, -0.05) is 71.8 Å². The lowest BCUT2D eigenvalue weighted by molar-refractivity contribution is 0.0323. The van der Waals surface area contributed by atoms with Crippen LogP contribution in [0.2, 0.25) is 0 Å². The largest absolute Gasteiger partial charge is 0.375 e. The van der Waals surface area contributed by atoms with E-state index < -0.39 is 22.2 Å². The number of carbonyl (C=O) groups is 5. The Morgan fingerprint density at radius 2 is 0.707 bits per heavy atom. The van der Waals surface area contributed by atoms with Crippen LogP contribution in [0.1, 0.15) is 217 Å². The summed E-state index contributed by atoms with van der Waals surface area (Å²) in [5.74, 6) is 1.24. The van der Waals surface area contributed by atoms with Crippen LogP contribution in [0.25, 0.3) is 0 Å². The third-order valence-corrected chi connectivity index (χ3v) is 28.1. The number of Topliss-reactive ketones (excluding diaryl/α,β-unsaturated/α-hetero) is 5. The smallest absolute Gasteiger partial charge is 0.183 e. The van der Waals surface area contributed by atoms with Gasteiger partial charge in [-0.05, 0) is 254 Å². The van der Waals surface area contributed by atoms with Gasteiger partial charge in [0.15, 0.2) is 28.9 Å². The lowest BCUT2D eigenvalue weighted by Crippen LogP contribution is -2.60. The Morgan fingerprint density at radius 1 is 0.366 bits per heavy atom. The van der Waals surface area contributed by atoms with Crippen molar-refractivity contribution in [3.63, 3.8) is 0 Å². The molecule has 0 spiro atoms. The molecule has 14 rings (SSSR count). The van der Waals surface area contributed by atoms with Crippen molar-refractivity contribution in [1.82, 2.24) is 61.7 Å². The summed E-state index contributed by atoms with van der Waals surface area (Å²) in [6.07, 6.45) is 19.8. The highest BCUT2D eigenvalue weighted by atomic mass is 16.2. The van der Waals surface area contributed by atoms with Crippen molar-refractivity contribution in [1.29, 1.82) is 0 Å². The van der Waals surface area contributed by atoms with Gasteiger partial charge in [0.25, 0.3) is 0 Å². The minimum absolute atomic E-state index is 0.193. The Morgan fingerprint density at radius 3 is 1.12 bits per heavy atom. The Hall–Kier alpha value is -7.29. The minimum atomic E-state index is -0.513. The summed E-state index contributed by atoms with van der Waals surface area (Å²) in [6, 6.07) is 41.2. The number of ketones is 5. The summed E-state index contributed by atoms with van der Waals surface area (Å²) in [6.45, 7) is 54.9. The van der Waals surface area contributed by atoms with Gasteiger partial charge in [-0.3, -0.25) is 48.5 Å². The highest BCUT2D eigenvalue weighted by molar-refractivity contribution is 6.06. The molecule has 0 bridgehead atoms. The molecule has 8 aliphatic heterocycles. The first kappa shape index (κ1) is 97.9. The normalized spacial score (nSPS) is 20.3. The third kappa shape index (κ3) is 26.7. The first-order valence-electron chi connectivity index (χ1n) is 47.8. The first-order chi connectivity index (χ1) is 59.5. The Bertz CT molecular complexity index is 3950. The summed E-state index contributed by atoms with van der Waals surface area (Å²) in [7, 11) is 4.15. The molecule has 5 aromatic rings. The maximum atomic E-state index is 13.6. The number of carbonyl (C=O) groups excluding carboxylic acids is 5. The van der Waals surface area contributed by atoms with E-state index in [1.54, 1.807) is 0 Å². The van der Waals surface area contributed by atoms with E-state index in [4.69, 9.17) is 0 Å². The Labute approximate surface area is 741 Å². The number of piperazine rings is 6. The van der Waals surface area contributed by atoms with Crippen LogP contribution in [0.3, 0.4) is 0 Å². The van der Waals surface area contributed by atoms with Crippen LogP contribution in [0, 0.1) is 0 Å². The lowest BCUT2D eigenvalue weighted by Gasteiger charge is -2.47. The molecule has 0 radical (unpaired) electrons. The van der Waals surface area contributed by atoms with Gasteiger partial charge in [-0.2, -0.15) is 0 Å². The number of hydrogen-bond donors (Lipinski definition) is 7. The molecule has 22 nitrogen and oxygen atoms in total. The minimum Gasteiger partial charge on any atom is -0.375 e. The molecule has 0 amide bonds. The molecule has 0 aromatic heterocycles. The molecule has 1 aliphatic carbocycles. The predicted octanol–water partition coefficient (Wildman–Crippen LogP) is 12.7. The van der Waals surface area contributed by atoms with Gasteiger partial charge in [0.05, 0.1) is 27.7 Å². The van der Waals surface area contributed by atoms with Crippen LogP contribution < -0.4 is 61.7 Å². The lowest BCUT2D eigenvalue weighted by atomic mass is 9.75. The number of nitrogens with zero attached hydrogens (tertiary/aromatic N) is 10. The number of unbranched alkanes of at least 4 members (excludes halogenated alkanes) is 2. The molecule has 1 saturated carbocycles. The Kier molecular flexibility index (Phi) is 39.1. The van der Waals surface area contributed by atoms with Crippen molar-refractivity contribution in [3.05, 3.63) is 162 Å². The van der Waals surface area contributed by atoms with Gasteiger partial charge in [-0.25, -0.2) is 0 Å². The van der Waals surface area contributed by atoms with Crippen molar-refractivity contribution >= 4 is 57.4 Å². The number of rotatable bonds is 29. The zero-order valence-corrected chi connectivity index (χ0v) is 77.8. The van der Waals surface area contributed by atoms with Crippen molar-refractivity contribution in [2.75, 3.05) is 248 Å². The Balaban J connectivity index is 0.000000161. The van der Waals surface area contributed by atoms with Crippen LogP contribution in [-0.4, -0.2) is 305 Å². The standard InChI is InChI=1S/C21H32N4O.C21H33N3O.C20H30N4O.C20H34N2O.C19H30N4O/c26-20(18-4-6-19(7-5-18)24-14-10-22-11-15-24)21(8-2-1-3-9-21)25-16-12-23-13-17-25;1-21(2,24-15-5-3-4-6-16-24)20(25)18-8-10-19(11-9-18)23-14-7-12-22-13-17-23;1-3-8-20(2,24-15-11-22-12-16-24)19(25)17-4-6-18(7-5-17)23-13-9-21-10-14-23;1-7-9-15-21(5)18-13-11-17(12-14-18)19(23)20(3,4)22(6)16-10-8-2;1-3-19(2,23-14-10-21-11-15-23)18(24)16-4-6-17(7-5-16)22-12-8-20-9-13-22/h4-7,22-23H,1-3,8-17H2;8-11,22H,3-7,12-17H2,1-2H3;3-7,21-22H,1,8-16H2,2H3;11-14H,7-10,15-16H2,1-6H3;4-7,20-21H,3,8-15H2,1-2H3. The van der Waals surface area contributed by atoms with Crippen molar-refractivity contribution < 1.29 is 24.0 Å². The molecule has 2 unspecified atom stereocenters. The maximum absolute atomic E-state index is 13.6. The molecule has 7 N–H and O–H groups in total. The molecule has 8 saturated heterocycles. The molecule has 2 atom stereocenters. The zero-order valence-electron chi connectivity index (χ0n) is 77.8. The van der Waals surface area contributed by atoms with E-state index >= 15 is 0 Å². The molecule has 9 aliphatic rings. The number of likely N-dealkylation sites (tertiary alicyclic amines) is 1. The summed E-state index contributed by atoms with van der Waals surface area (Å²) in [4.78, 5) is 89.6. The number of likely N-dealkylation sites (N-methyl/N-ethyl adjacent to an activating group) is 1. The van der Waals surface area contributed by atoms with E-state index in [1.807, 2.05) is 75.5 Å². The zero-order chi connectivity index (χ0) is 87.7. The fraction of sp³-hybridized carbons (Fsp3) is 0.634. The molecule has 22 heteroatoms. The number of nitrogens with one attached hydrogen (secondary N) is 7. The molecule has 8 heterocycles. The summed E-state index contributed by atoms with van der Waals surface area (Å²) in [5, 5.41) is 23.7. The van der Waals surface area contributed by atoms with Crippen LogP contribution in [-0.2, 0) is 0 Å². The second kappa shape index (κ2) is 49.2. The van der Waals surface area contributed by atoms with Crippen molar-refractivity contribution in [2.45, 2.75) is 193 Å². The van der Waals surface area contributed by atoms with Gasteiger partial charge >= 0.3 is 0 Å². The van der Waals surface area contributed by atoms with Gasteiger partial charge in [0.2, 0.25) is 0 Å². The van der Waals surface area contributed by atoms with Crippen molar-refractivity contribution in [3.8, 4) is 0 Å². The summed E-state index contributed by atoms with van der Waals surface area (Å²) < 4.78 is 0. The highest BCUT2D eigenvalue weighted by Crippen LogP contribution is 2.38. The second-order valence-corrected chi connectivity index (χ2v) is 36.9. The summed E-state index contributed by atoms with van der Waals surface area (Å²) >= 11 is 0. The van der Waals surface area contributed by atoms with Gasteiger partial charge in [0.1, 0.15) is 0 Å². The fourth-order valence-electron chi connectivity index (χ4n) is 19.2. The fourth-order valence-corrected chi connectivity index (χ4v) is 19.2.